The van der Waals surface area contributed by atoms with E-state index in [1.54, 1.807) is 23.9 Å². The normalized spacial score (nSPS) is 20.1. The first kappa shape index (κ1) is 57.0. The van der Waals surface area contributed by atoms with E-state index in [2.05, 4.69) is 48.7 Å². The molecule has 4 aromatic rings. The van der Waals surface area contributed by atoms with Gasteiger partial charge in [-0.1, -0.05) is 54.4 Å². The molecule has 3 saturated heterocycles. The summed E-state index contributed by atoms with van der Waals surface area (Å²) in [6.45, 7) is 18.7. The average Bonchev–Trinajstić information content (AvgIpc) is 3.40. The van der Waals surface area contributed by atoms with E-state index < -0.39 is 37.0 Å². The molecule has 0 radical (unpaired) electrons. The fraction of sp³-hybridized carbons (Fsp3) is 0.509. The van der Waals surface area contributed by atoms with Crippen molar-refractivity contribution in [2.75, 3.05) is 108 Å². The summed E-state index contributed by atoms with van der Waals surface area (Å²) in [5, 5.41) is 26.1. The molecule has 3 heterocycles. The molecule has 0 saturated carbocycles. The van der Waals surface area contributed by atoms with Gasteiger partial charge in [0.25, 0.3) is 21.6 Å². The van der Waals surface area contributed by atoms with Crippen molar-refractivity contribution in [3.8, 4) is 0 Å². The molecular weight excluding hydrogens is 1020 g/mol. The molecule has 3 N–H and O–H groups in total. The highest BCUT2D eigenvalue weighted by Gasteiger charge is 2.36. The first-order chi connectivity index (χ1) is 36.3. The van der Waals surface area contributed by atoms with Gasteiger partial charge in [-0.05, 0) is 156 Å². The molecule has 4 aliphatic rings. The number of nitro groups is 1. The van der Waals surface area contributed by atoms with Gasteiger partial charge < -0.3 is 29.9 Å². The maximum absolute atomic E-state index is 13.7. The Labute approximate surface area is 458 Å². The van der Waals surface area contributed by atoms with Crippen LogP contribution in [0.2, 0.25) is 5.02 Å². The number of hydrogen-bond donors (Lipinski definition) is 3. The molecular formula is C57H75ClN8O8S2. The van der Waals surface area contributed by atoms with E-state index in [4.69, 9.17) is 16.3 Å². The smallest absolute Gasteiger partial charge is 0.410 e. The Bertz CT molecular complexity index is 2760. The maximum Gasteiger partial charge on any atom is 0.410 e. The van der Waals surface area contributed by atoms with Crippen LogP contribution in [0.4, 0.5) is 21.9 Å². The van der Waals surface area contributed by atoms with E-state index in [1.807, 2.05) is 80.3 Å². The number of amides is 2. The second-order valence-corrected chi connectivity index (χ2v) is 25.4. The Balaban J connectivity index is 0.862. The van der Waals surface area contributed by atoms with Crippen LogP contribution < -0.4 is 14.9 Å². The molecule has 3 aliphatic heterocycles. The number of ether oxygens (including phenoxy) is 1. The number of piperazine rings is 2. The van der Waals surface area contributed by atoms with E-state index >= 15 is 0 Å². The number of sulfonamides is 1. The third-order valence-corrected chi connectivity index (χ3v) is 17.9. The van der Waals surface area contributed by atoms with Crippen LogP contribution in [0, 0.1) is 21.4 Å². The fourth-order valence-electron chi connectivity index (χ4n) is 10.9. The molecule has 0 aromatic heterocycles. The van der Waals surface area contributed by atoms with E-state index in [9.17, 15) is 33.2 Å². The van der Waals surface area contributed by atoms with Crippen molar-refractivity contribution >= 4 is 68.0 Å². The van der Waals surface area contributed by atoms with E-state index in [0.29, 0.717) is 36.2 Å². The molecule has 19 heteroatoms. The zero-order valence-corrected chi connectivity index (χ0v) is 46.8. The topological polar surface area (TPSA) is 181 Å². The van der Waals surface area contributed by atoms with Gasteiger partial charge in [0.2, 0.25) is 0 Å². The molecule has 410 valence electrons. The minimum absolute atomic E-state index is 0.0706. The van der Waals surface area contributed by atoms with Gasteiger partial charge in [0, 0.05) is 118 Å². The molecule has 3 fully saturated rings. The average molecular weight is 1100 g/mol. The third kappa shape index (κ3) is 15.7. The molecule has 2 atom stereocenters. The van der Waals surface area contributed by atoms with Gasteiger partial charge in [0.15, 0.2) is 0 Å². The minimum Gasteiger partial charge on any atom is -0.444 e. The van der Waals surface area contributed by atoms with Gasteiger partial charge in [-0.25, -0.2) is 17.9 Å². The Morgan fingerprint density at radius 1 is 0.882 bits per heavy atom. The van der Waals surface area contributed by atoms with Gasteiger partial charge in [0.05, 0.1) is 9.82 Å². The van der Waals surface area contributed by atoms with Gasteiger partial charge in [-0.3, -0.25) is 24.7 Å². The highest BCUT2D eigenvalue weighted by Crippen LogP contribution is 2.44. The molecule has 0 spiro atoms. The summed E-state index contributed by atoms with van der Waals surface area (Å²) in [6.07, 6.45) is 5.30. The number of aliphatic hydroxyl groups excluding tert-OH is 1. The lowest BCUT2D eigenvalue weighted by Gasteiger charge is -2.44. The van der Waals surface area contributed by atoms with Crippen molar-refractivity contribution in [1.29, 1.82) is 0 Å². The number of rotatable bonds is 19. The van der Waals surface area contributed by atoms with E-state index in [1.165, 1.54) is 28.8 Å². The number of carbonyl (C=O) groups excluding carboxylic acids is 2. The number of carbonyl (C=O) groups is 2. The maximum atomic E-state index is 13.7. The summed E-state index contributed by atoms with van der Waals surface area (Å²) in [5.74, 6) is 0.0913. The third-order valence-electron chi connectivity index (χ3n) is 15.2. The standard InChI is InChI=1S/C57H75ClN8O8S2/c1-56(2,3)74-55(69)65-34-30-63(31-35-65)41-57(4)24-20-51(43-10-14-46(58)15-11-43)45(37-57)38-62-28-32-64(33-29-62)48-16-12-44(13-17-48)54(68)60-76(72,73)50-18-19-52(53(36-50)66(70)71)59-47(40-75-49-8-6-5-7-9-49)23-27-61-25-21-42(39-67)22-26-61/h5-19,36,42,47,59,67H,20-35,37-41H2,1-4H3,(H,60,68)/t47-,57?/m1/s1. The van der Waals surface area contributed by atoms with Crippen LogP contribution in [0.25, 0.3) is 5.57 Å². The monoisotopic (exact) mass is 1100 g/mol. The number of halogens is 1. The summed E-state index contributed by atoms with van der Waals surface area (Å²) in [5.41, 5.74) is 4.46. The van der Waals surface area contributed by atoms with Gasteiger partial charge in [-0.15, -0.1) is 11.8 Å². The van der Waals surface area contributed by atoms with Crippen molar-refractivity contribution in [2.45, 2.75) is 87.7 Å². The summed E-state index contributed by atoms with van der Waals surface area (Å²) in [7, 11) is -4.49. The van der Waals surface area contributed by atoms with E-state index in [-0.39, 0.29) is 35.4 Å². The quantitative estimate of drug-likeness (QED) is 0.0459. The predicted octanol–water partition coefficient (Wildman–Crippen LogP) is 9.35. The predicted molar refractivity (Wildman–Crippen MR) is 303 cm³/mol. The van der Waals surface area contributed by atoms with Crippen molar-refractivity contribution in [3.05, 3.63) is 129 Å². The summed E-state index contributed by atoms with van der Waals surface area (Å²) >= 11 is 7.97. The second kappa shape index (κ2) is 25.5. The van der Waals surface area contributed by atoms with Crippen molar-refractivity contribution < 1.29 is 32.8 Å². The summed E-state index contributed by atoms with van der Waals surface area (Å²) in [6, 6.07) is 28.5. The number of hydrogen-bond acceptors (Lipinski definition) is 14. The van der Waals surface area contributed by atoms with Crippen LogP contribution in [0.3, 0.4) is 0 Å². The zero-order valence-electron chi connectivity index (χ0n) is 44.4. The van der Waals surface area contributed by atoms with Crippen molar-refractivity contribution in [1.82, 2.24) is 24.3 Å². The van der Waals surface area contributed by atoms with Crippen LogP contribution in [0.5, 0.6) is 0 Å². The molecule has 1 aliphatic carbocycles. The lowest BCUT2D eigenvalue weighted by atomic mass is 9.71. The van der Waals surface area contributed by atoms with E-state index in [0.717, 1.165) is 121 Å². The number of benzene rings is 4. The molecule has 4 aromatic carbocycles. The van der Waals surface area contributed by atoms with Crippen molar-refractivity contribution in [3.63, 3.8) is 0 Å². The molecule has 76 heavy (non-hydrogen) atoms. The first-order valence-corrected chi connectivity index (χ1v) is 29.5. The minimum atomic E-state index is -4.49. The largest absolute Gasteiger partial charge is 0.444 e. The Morgan fingerprint density at radius 2 is 1.55 bits per heavy atom. The highest BCUT2D eigenvalue weighted by atomic mass is 35.5. The van der Waals surface area contributed by atoms with Gasteiger partial charge in [0.1, 0.15) is 11.3 Å². The zero-order chi connectivity index (χ0) is 54.0. The highest BCUT2D eigenvalue weighted by molar-refractivity contribution is 7.99. The van der Waals surface area contributed by atoms with Crippen LogP contribution in [-0.2, 0) is 14.8 Å². The SMILES string of the molecule is CC1(CN2CCN(C(=O)OC(C)(C)C)CC2)CCC(c2ccc(Cl)cc2)=C(CN2CCN(c3ccc(C(=O)NS(=O)(=O)c4ccc(N[C@H](CCN5CCC(CO)CC5)CSc5ccccc5)c([N+](=O)[O-])c4)cc3)CC2)C1. The van der Waals surface area contributed by atoms with Crippen LogP contribution >= 0.6 is 23.4 Å². The van der Waals surface area contributed by atoms with Crippen LogP contribution in [0.15, 0.2) is 112 Å². The van der Waals surface area contributed by atoms with Crippen molar-refractivity contribution in [2.24, 2.45) is 11.3 Å². The van der Waals surface area contributed by atoms with Gasteiger partial charge in [-0.2, -0.15) is 0 Å². The number of allylic oxidation sites excluding steroid dienone is 1. The Kier molecular flexibility index (Phi) is 19.1. The fourth-order valence-corrected chi connectivity index (χ4v) is 13.0. The summed E-state index contributed by atoms with van der Waals surface area (Å²) < 4.78 is 35.1. The number of aliphatic hydroxyl groups is 1. The first-order valence-electron chi connectivity index (χ1n) is 26.7. The molecule has 2 amide bonds. The summed E-state index contributed by atoms with van der Waals surface area (Å²) in [4.78, 5) is 50.2. The number of piperidine rings is 1. The molecule has 8 rings (SSSR count). The lowest BCUT2D eigenvalue weighted by Crippen LogP contribution is -2.52. The number of nitro benzene ring substituents is 1. The number of nitrogens with one attached hydrogen (secondary N) is 2. The number of likely N-dealkylation sites (tertiary alicyclic amines) is 1. The van der Waals surface area contributed by atoms with Gasteiger partial charge >= 0.3 is 6.09 Å². The molecule has 16 nitrogen and oxygen atoms in total. The number of anilines is 2. The van der Waals surface area contributed by atoms with Crippen LogP contribution in [0.1, 0.15) is 82.1 Å². The van der Waals surface area contributed by atoms with Crippen LogP contribution in [-0.4, -0.2) is 159 Å². The molecule has 0 bridgehead atoms. The lowest BCUT2D eigenvalue weighted by molar-refractivity contribution is -0.384. The Morgan fingerprint density at radius 3 is 2.20 bits per heavy atom. The number of thioether (sulfide) groups is 1. The number of nitrogens with zero attached hydrogens (tertiary/aromatic N) is 6. The Hall–Kier alpha value is -5.21. The molecule has 1 unspecified atom stereocenters. The second-order valence-electron chi connectivity index (χ2n) is 22.2.